The van der Waals surface area contributed by atoms with Crippen LogP contribution < -0.4 is 4.74 Å². The zero-order chi connectivity index (χ0) is 19.6. The van der Waals surface area contributed by atoms with E-state index >= 15 is 0 Å². The number of ether oxygens (including phenoxy) is 1. The minimum atomic E-state index is -0.00733. The smallest absolute Gasteiger partial charge is 0.258 e. The van der Waals surface area contributed by atoms with Crippen molar-refractivity contribution in [3.05, 3.63) is 39.8 Å². The Labute approximate surface area is 164 Å². The number of thiophene rings is 1. The van der Waals surface area contributed by atoms with Gasteiger partial charge in [-0.05, 0) is 72.9 Å². The first-order chi connectivity index (χ1) is 12.9. The highest BCUT2D eigenvalue weighted by Gasteiger charge is 2.18. The standard InChI is InChI=1S/C21H26N2O3S/c1-12(2)8-17-11-27-19(15(17)5)21-23-22-20(26-21)16-9-13(3)18(14(4)10-16)25-7-6-24/h9-12,24H,6-8H2,1-5H3. The second-order valence-corrected chi connectivity index (χ2v) is 8.12. The third-order valence-electron chi connectivity index (χ3n) is 4.43. The van der Waals surface area contributed by atoms with Crippen LogP contribution in [0.1, 0.15) is 36.1 Å². The molecule has 0 amide bonds. The molecule has 0 atom stereocenters. The first kappa shape index (κ1) is 19.6. The molecule has 0 bridgehead atoms. The maximum atomic E-state index is 8.97. The quantitative estimate of drug-likeness (QED) is 0.621. The molecule has 6 heteroatoms. The molecule has 0 unspecified atom stereocenters. The first-order valence-corrected chi connectivity index (χ1v) is 10.0. The van der Waals surface area contributed by atoms with Gasteiger partial charge in [-0.25, -0.2) is 0 Å². The molecule has 3 aromatic rings. The molecule has 0 fully saturated rings. The van der Waals surface area contributed by atoms with Crippen LogP contribution in [0.3, 0.4) is 0 Å². The number of hydrogen-bond donors (Lipinski definition) is 1. The van der Waals surface area contributed by atoms with Crippen molar-refractivity contribution in [3.8, 4) is 28.0 Å². The molecule has 2 heterocycles. The topological polar surface area (TPSA) is 68.4 Å². The summed E-state index contributed by atoms with van der Waals surface area (Å²) in [5, 5.41) is 19.7. The average molecular weight is 387 g/mol. The van der Waals surface area contributed by atoms with Crippen molar-refractivity contribution in [3.63, 3.8) is 0 Å². The second kappa shape index (κ2) is 8.23. The molecule has 144 valence electrons. The van der Waals surface area contributed by atoms with Crippen molar-refractivity contribution in [2.45, 2.75) is 41.0 Å². The van der Waals surface area contributed by atoms with Crippen LogP contribution in [0.15, 0.2) is 21.9 Å². The van der Waals surface area contributed by atoms with E-state index in [1.807, 2.05) is 26.0 Å². The Kier molecular flexibility index (Phi) is 5.97. The fourth-order valence-electron chi connectivity index (χ4n) is 3.19. The van der Waals surface area contributed by atoms with E-state index in [1.165, 1.54) is 11.1 Å². The third-order valence-corrected chi connectivity index (χ3v) is 5.55. The Morgan fingerprint density at radius 3 is 2.41 bits per heavy atom. The van der Waals surface area contributed by atoms with Crippen LogP contribution in [0.4, 0.5) is 0 Å². The number of aliphatic hydroxyl groups excluding tert-OH is 1. The molecule has 0 spiro atoms. The molecule has 5 nitrogen and oxygen atoms in total. The summed E-state index contributed by atoms with van der Waals surface area (Å²) in [4.78, 5) is 1.04. The average Bonchev–Trinajstić information content (AvgIpc) is 3.21. The Morgan fingerprint density at radius 2 is 1.78 bits per heavy atom. The Balaban J connectivity index is 1.89. The van der Waals surface area contributed by atoms with E-state index in [0.29, 0.717) is 17.7 Å². The number of hydrogen-bond acceptors (Lipinski definition) is 6. The summed E-state index contributed by atoms with van der Waals surface area (Å²) in [7, 11) is 0. The van der Waals surface area contributed by atoms with Gasteiger partial charge < -0.3 is 14.3 Å². The van der Waals surface area contributed by atoms with Crippen molar-refractivity contribution in [1.29, 1.82) is 0 Å². The van der Waals surface area contributed by atoms with Gasteiger partial charge in [-0.15, -0.1) is 21.5 Å². The van der Waals surface area contributed by atoms with Crippen LogP contribution in [-0.4, -0.2) is 28.5 Å². The summed E-state index contributed by atoms with van der Waals surface area (Å²) in [5.74, 6) is 2.48. The highest BCUT2D eigenvalue weighted by atomic mass is 32.1. The number of aliphatic hydroxyl groups is 1. The monoisotopic (exact) mass is 386 g/mol. The van der Waals surface area contributed by atoms with Gasteiger partial charge in [0.15, 0.2) is 0 Å². The highest BCUT2D eigenvalue weighted by molar-refractivity contribution is 7.13. The molecule has 3 rings (SSSR count). The van der Waals surface area contributed by atoms with Gasteiger partial charge in [0.25, 0.3) is 5.89 Å². The van der Waals surface area contributed by atoms with E-state index in [1.54, 1.807) is 11.3 Å². The molecule has 1 aromatic carbocycles. The van der Waals surface area contributed by atoms with Gasteiger partial charge in [-0.2, -0.15) is 0 Å². The number of aromatic nitrogens is 2. The van der Waals surface area contributed by atoms with E-state index in [2.05, 4.69) is 36.3 Å². The number of benzene rings is 1. The van der Waals surface area contributed by atoms with Crippen LogP contribution >= 0.6 is 11.3 Å². The van der Waals surface area contributed by atoms with Gasteiger partial charge in [0.2, 0.25) is 5.89 Å². The maximum absolute atomic E-state index is 8.97. The summed E-state index contributed by atoms with van der Waals surface area (Å²) < 4.78 is 11.6. The van der Waals surface area contributed by atoms with Crippen molar-refractivity contribution in [1.82, 2.24) is 10.2 Å². The lowest BCUT2D eigenvalue weighted by Gasteiger charge is -2.12. The van der Waals surface area contributed by atoms with Crippen LogP contribution in [0, 0.1) is 26.7 Å². The maximum Gasteiger partial charge on any atom is 0.258 e. The van der Waals surface area contributed by atoms with Gasteiger partial charge >= 0.3 is 0 Å². The highest BCUT2D eigenvalue weighted by Crippen LogP contribution is 2.35. The molecule has 0 aliphatic carbocycles. The second-order valence-electron chi connectivity index (χ2n) is 7.24. The Hall–Kier alpha value is -2.18. The molecule has 1 N–H and O–H groups in total. The fourth-order valence-corrected chi connectivity index (χ4v) is 4.21. The van der Waals surface area contributed by atoms with Crippen molar-refractivity contribution < 1.29 is 14.3 Å². The van der Waals surface area contributed by atoms with Gasteiger partial charge in [-0.1, -0.05) is 13.8 Å². The van der Waals surface area contributed by atoms with Crippen LogP contribution in [-0.2, 0) is 6.42 Å². The van der Waals surface area contributed by atoms with Crippen LogP contribution in [0.2, 0.25) is 0 Å². The van der Waals surface area contributed by atoms with Gasteiger partial charge in [0.05, 0.1) is 11.5 Å². The predicted octanol–water partition coefficient (Wildman–Crippen LogP) is 4.96. The Morgan fingerprint density at radius 1 is 1.11 bits per heavy atom. The summed E-state index contributed by atoms with van der Waals surface area (Å²) in [6.07, 6.45) is 1.05. The minimum absolute atomic E-state index is 0.00733. The van der Waals surface area contributed by atoms with Crippen LogP contribution in [0.5, 0.6) is 5.75 Å². The summed E-state index contributed by atoms with van der Waals surface area (Å²) >= 11 is 1.66. The third kappa shape index (κ3) is 4.22. The fraction of sp³-hybridized carbons (Fsp3) is 0.429. The predicted molar refractivity (Wildman–Crippen MR) is 108 cm³/mol. The largest absolute Gasteiger partial charge is 0.491 e. The van der Waals surface area contributed by atoms with E-state index in [4.69, 9.17) is 14.3 Å². The number of aryl methyl sites for hydroxylation is 2. The summed E-state index contributed by atoms with van der Waals surface area (Å²) in [5.41, 5.74) is 5.40. The zero-order valence-electron chi connectivity index (χ0n) is 16.5. The van der Waals surface area contributed by atoms with E-state index in [9.17, 15) is 0 Å². The number of rotatable bonds is 7. The molecule has 27 heavy (non-hydrogen) atoms. The normalized spacial score (nSPS) is 11.4. The van der Waals surface area contributed by atoms with Crippen LogP contribution in [0.25, 0.3) is 22.2 Å². The Bertz CT molecular complexity index is 904. The number of nitrogens with zero attached hydrogens (tertiary/aromatic N) is 2. The van der Waals surface area contributed by atoms with Crippen molar-refractivity contribution in [2.24, 2.45) is 5.92 Å². The lowest BCUT2D eigenvalue weighted by atomic mass is 10.0. The lowest BCUT2D eigenvalue weighted by molar-refractivity contribution is 0.200. The molecule has 0 aliphatic heterocycles. The van der Waals surface area contributed by atoms with Crippen molar-refractivity contribution in [2.75, 3.05) is 13.2 Å². The molecule has 0 saturated heterocycles. The van der Waals surface area contributed by atoms with E-state index < -0.39 is 0 Å². The SMILES string of the molecule is Cc1cc(-c2nnc(-c3scc(CC(C)C)c3C)o2)cc(C)c1OCCO. The minimum Gasteiger partial charge on any atom is -0.491 e. The van der Waals surface area contributed by atoms with Gasteiger partial charge in [-0.3, -0.25) is 0 Å². The van der Waals surface area contributed by atoms with Crippen molar-refractivity contribution >= 4 is 11.3 Å². The lowest BCUT2D eigenvalue weighted by Crippen LogP contribution is -2.04. The molecule has 0 saturated carbocycles. The van der Waals surface area contributed by atoms with E-state index in [0.717, 1.165) is 33.7 Å². The molecular weight excluding hydrogens is 360 g/mol. The molecular formula is C21H26N2O3S. The molecule has 0 radical (unpaired) electrons. The summed E-state index contributed by atoms with van der Waals surface area (Å²) in [6.45, 7) is 10.8. The zero-order valence-corrected chi connectivity index (χ0v) is 17.3. The summed E-state index contributed by atoms with van der Waals surface area (Å²) in [6, 6.07) is 3.95. The van der Waals surface area contributed by atoms with E-state index in [-0.39, 0.29) is 13.2 Å². The first-order valence-electron chi connectivity index (χ1n) is 9.16. The van der Waals surface area contributed by atoms with Gasteiger partial charge in [0, 0.05) is 5.56 Å². The molecule has 0 aliphatic rings. The molecule has 2 aromatic heterocycles. The van der Waals surface area contributed by atoms with Gasteiger partial charge in [0.1, 0.15) is 12.4 Å².